The number of nitrogens with one attached hydrogen (secondary N) is 1. The Hall–Kier alpha value is -0.750. The fraction of sp³-hybridized carbons (Fsp3) is 0.818. The number of rotatable bonds is 4. The van der Waals surface area contributed by atoms with E-state index in [1.54, 1.807) is 23.7 Å². The van der Waals surface area contributed by atoms with E-state index in [9.17, 15) is 9.59 Å². The lowest BCUT2D eigenvalue weighted by Gasteiger charge is -2.39. The molecule has 0 aromatic carbocycles. The van der Waals surface area contributed by atoms with Crippen molar-refractivity contribution in [3.05, 3.63) is 0 Å². The molecular weight excluding hydrogens is 240 g/mol. The van der Waals surface area contributed by atoms with Gasteiger partial charge in [0.2, 0.25) is 5.91 Å². The lowest BCUT2D eigenvalue weighted by Crippen LogP contribution is -2.58. The summed E-state index contributed by atoms with van der Waals surface area (Å²) in [4.78, 5) is 24.8. The number of carbonyl (C=O) groups is 2. The molecule has 17 heavy (non-hydrogen) atoms. The van der Waals surface area contributed by atoms with Gasteiger partial charge in [0.15, 0.2) is 0 Å². The van der Waals surface area contributed by atoms with Crippen molar-refractivity contribution in [1.82, 2.24) is 10.2 Å². The number of likely N-dealkylation sites (N-methyl/N-ethyl adjacent to an activating group) is 1. The number of carboxylic acids is 1. The quantitative estimate of drug-likeness (QED) is 0.766. The fourth-order valence-corrected chi connectivity index (χ4v) is 2.82. The summed E-state index contributed by atoms with van der Waals surface area (Å²) in [5.41, 5.74) is -0.640. The molecule has 0 aromatic rings. The maximum Gasteiger partial charge on any atom is 0.305 e. The molecule has 0 spiro atoms. The van der Waals surface area contributed by atoms with E-state index in [2.05, 4.69) is 5.32 Å². The van der Waals surface area contributed by atoms with E-state index >= 15 is 0 Å². The Morgan fingerprint density at radius 1 is 1.53 bits per heavy atom. The van der Waals surface area contributed by atoms with E-state index in [0.29, 0.717) is 12.3 Å². The molecule has 1 saturated heterocycles. The second-order valence-electron chi connectivity index (χ2n) is 4.70. The van der Waals surface area contributed by atoms with Crippen molar-refractivity contribution in [1.29, 1.82) is 0 Å². The summed E-state index contributed by atoms with van der Waals surface area (Å²) in [6.45, 7) is 4.26. The Labute approximate surface area is 106 Å². The zero-order valence-electron chi connectivity index (χ0n) is 10.5. The van der Waals surface area contributed by atoms with E-state index < -0.39 is 11.5 Å². The van der Waals surface area contributed by atoms with Gasteiger partial charge in [0.25, 0.3) is 0 Å². The molecule has 1 atom stereocenters. The smallest absolute Gasteiger partial charge is 0.305 e. The molecule has 1 heterocycles. The minimum atomic E-state index is -0.849. The summed E-state index contributed by atoms with van der Waals surface area (Å²) in [6.07, 6.45) is 0.0263. The van der Waals surface area contributed by atoms with Gasteiger partial charge in [-0.15, -0.1) is 0 Å². The van der Waals surface area contributed by atoms with Crippen LogP contribution in [0.2, 0.25) is 0 Å². The normalized spacial score (nSPS) is 21.4. The molecule has 2 N–H and O–H groups in total. The first-order valence-corrected chi connectivity index (χ1v) is 6.83. The molecule has 0 radical (unpaired) electrons. The third-order valence-electron chi connectivity index (χ3n) is 3.06. The maximum atomic E-state index is 12.3. The highest BCUT2D eigenvalue weighted by atomic mass is 32.2. The molecule has 0 saturated carbocycles. The van der Waals surface area contributed by atoms with Crippen molar-refractivity contribution >= 4 is 23.6 Å². The van der Waals surface area contributed by atoms with Crippen LogP contribution in [0, 0.1) is 0 Å². The number of hydrogen-bond donors (Lipinski definition) is 2. The standard InChI is InChI=1S/C11H20N2O3S/c1-11(2,12-3)10(16)13-4-5-17-7-8(13)6-9(14)15/h8,12H,4-7H2,1-3H3,(H,14,15). The van der Waals surface area contributed by atoms with Gasteiger partial charge in [0.1, 0.15) is 0 Å². The number of carboxylic acid groups (broad SMARTS) is 1. The average molecular weight is 260 g/mol. The summed E-state index contributed by atoms with van der Waals surface area (Å²) in [6, 6.07) is -0.189. The molecule has 1 aliphatic rings. The Kier molecular flexibility index (Phi) is 4.82. The van der Waals surface area contributed by atoms with Crippen molar-refractivity contribution in [3.63, 3.8) is 0 Å². The van der Waals surface area contributed by atoms with Crippen LogP contribution in [-0.2, 0) is 9.59 Å². The summed E-state index contributed by atoms with van der Waals surface area (Å²) < 4.78 is 0. The van der Waals surface area contributed by atoms with Crippen LogP contribution >= 0.6 is 11.8 Å². The molecular formula is C11H20N2O3S. The molecule has 1 rings (SSSR count). The first-order valence-electron chi connectivity index (χ1n) is 5.68. The van der Waals surface area contributed by atoms with Crippen molar-refractivity contribution in [3.8, 4) is 0 Å². The van der Waals surface area contributed by atoms with Crippen molar-refractivity contribution in [2.24, 2.45) is 0 Å². The molecule has 98 valence electrons. The minimum Gasteiger partial charge on any atom is -0.481 e. The average Bonchev–Trinajstić information content (AvgIpc) is 2.28. The lowest BCUT2D eigenvalue weighted by atomic mass is 10.0. The van der Waals surface area contributed by atoms with Gasteiger partial charge in [-0.2, -0.15) is 11.8 Å². The zero-order valence-corrected chi connectivity index (χ0v) is 11.3. The largest absolute Gasteiger partial charge is 0.481 e. The van der Waals surface area contributed by atoms with Gasteiger partial charge >= 0.3 is 5.97 Å². The van der Waals surface area contributed by atoms with Gasteiger partial charge < -0.3 is 15.3 Å². The first-order chi connectivity index (χ1) is 7.88. The summed E-state index contributed by atoms with van der Waals surface area (Å²) in [5.74, 6) is 0.712. The summed E-state index contributed by atoms with van der Waals surface area (Å²) >= 11 is 1.71. The monoisotopic (exact) mass is 260 g/mol. The highest BCUT2D eigenvalue weighted by Crippen LogP contribution is 2.22. The predicted octanol–water partition coefficient (Wildman–Crippen LogP) is 0.403. The number of amides is 1. The number of hydrogen-bond acceptors (Lipinski definition) is 4. The molecule has 1 aliphatic heterocycles. The van der Waals surface area contributed by atoms with E-state index in [1.165, 1.54) is 0 Å². The van der Waals surface area contributed by atoms with Crippen molar-refractivity contribution < 1.29 is 14.7 Å². The van der Waals surface area contributed by atoms with Crippen LogP contribution < -0.4 is 5.32 Å². The van der Waals surface area contributed by atoms with E-state index in [0.717, 1.165) is 5.75 Å². The molecule has 0 bridgehead atoms. The number of carbonyl (C=O) groups excluding carboxylic acids is 1. The van der Waals surface area contributed by atoms with Crippen molar-refractivity contribution in [2.75, 3.05) is 25.1 Å². The second-order valence-corrected chi connectivity index (χ2v) is 5.85. The second kappa shape index (κ2) is 5.73. The highest BCUT2D eigenvalue weighted by molar-refractivity contribution is 7.99. The molecule has 1 unspecified atom stereocenters. The van der Waals surface area contributed by atoms with Crippen LogP contribution in [0.1, 0.15) is 20.3 Å². The predicted molar refractivity (Wildman–Crippen MR) is 68.2 cm³/mol. The van der Waals surface area contributed by atoms with E-state index in [4.69, 9.17) is 5.11 Å². The Bertz CT molecular complexity index is 307. The molecule has 0 aliphatic carbocycles. The third kappa shape index (κ3) is 3.61. The van der Waals surface area contributed by atoms with Gasteiger partial charge in [-0.3, -0.25) is 9.59 Å². The van der Waals surface area contributed by atoms with Crippen LogP contribution in [0.5, 0.6) is 0 Å². The zero-order chi connectivity index (χ0) is 13.1. The van der Waals surface area contributed by atoms with Crippen LogP contribution in [-0.4, -0.2) is 58.6 Å². The van der Waals surface area contributed by atoms with Gasteiger partial charge in [-0.25, -0.2) is 0 Å². The van der Waals surface area contributed by atoms with Crippen LogP contribution in [0.3, 0.4) is 0 Å². The third-order valence-corrected chi connectivity index (χ3v) is 4.15. The highest BCUT2D eigenvalue weighted by Gasteiger charge is 2.36. The summed E-state index contributed by atoms with van der Waals surface area (Å²) in [5, 5.41) is 11.8. The van der Waals surface area contributed by atoms with Crippen LogP contribution in [0.25, 0.3) is 0 Å². The lowest BCUT2D eigenvalue weighted by molar-refractivity contribution is -0.142. The molecule has 1 amide bonds. The molecule has 1 fully saturated rings. The number of nitrogens with zero attached hydrogens (tertiary/aromatic N) is 1. The maximum absolute atomic E-state index is 12.3. The fourth-order valence-electron chi connectivity index (χ4n) is 1.76. The van der Waals surface area contributed by atoms with Gasteiger partial charge in [0.05, 0.1) is 18.0 Å². The SMILES string of the molecule is CNC(C)(C)C(=O)N1CCSCC1CC(=O)O. The Balaban J connectivity index is 2.77. The Morgan fingerprint density at radius 2 is 2.18 bits per heavy atom. The Morgan fingerprint density at radius 3 is 2.71 bits per heavy atom. The van der Waals surface area contributed by atoms with Crippen LogP contribution in [0.4, 0.5) is 0 Å². The van der Waals surface area contributed by atoms with Crippen molar-refractivity contribution in [2.45, 2.75) is 31.8 Å². The number of thioether (sulfide) groups is 1. The van der Waals surface area contributed by atoms with Gasteiger partial charge in [-0.1, -0.05) is 0 Å². The van der Waals surface area contributed by atoms with Gasteiger partial charge in [0, 0.05) is 18.1 Å². The number of aliphatic carboxylic acids is 1. The first kappa shape index (κ1) is 14.3. The summed E-state index contributed by atoms with van der Waals surface area (Å²) in [7, 11) is 1.74. The van der Waals surface area contributed by atoms with E-state index in [-0.39, 0.29) is 18.4 Å². The van der Waals surface area contributed by atoms with E-state index in [1.807, 2.05) is 13.8 Å². The minimum absolute atomic E-state index is 0.0217. The topological polar surface area (TPSA) is 69.6 Å². The van der Waals surface area contributed by atoms with Gasteiger partial charge in [-0.05, 0) is 20.9 Å². The molecule has 5 nitrogen and oxygen atoms in total. The van der Waals surface area contributed by atoms with Crippen LogP contribution in [0.15, 0.2) is 0 Å². The molecule has 6 heteroatoms. The molecule has 0 aromatic heterocycles.